The fourth-order valence-corrected chi connectivity index (χ4v) is 32.9. The molecule has 178 valence electrons. The van der Waals surface area contributed by atoms with Gasteiger partial charge in [0.15, 0.2) is 8.56 Å². The molecule has 6 aromatic rings. The van der Waals surface area contributed by atoms with Crippen molar-refractivity contribution in [3.05, 3.63) is 91.0 Å². The van der Waals surface area contributed by atoms with Crippen molar-refractivity contribution < 1.29 is 4.43 Å². The quantitative estimate of drug-likeness (QED) is 0.122. The van der Waals surface area contributed by atoms with Crippen LogP contribution in [0.5, 0.6) is 0 Å². The van der Waals surface area contributed by atoms with E-state index in [4.69, 9.17) is 4.43 Å². The molecule has 0 saturated carbocycles. The summed E-state index contributed by atoms with van der Waals surface area (Å²) in [5.74, 6) is 0. The topological polar surface area (TPSA) is 9.23 Å². The van der Waals surface area contributed by atoms with Crippen molar-refractivity contribution in [2.45, 2.75) is 32.2 Å². The zero-order valence-electron chi connectivity index (χ0n) is 21.6. The lowest BCUT2D eigenvalue weighted by atomic mass is 9.95. The van der Waals surface area contributed by atoms with Gasteiger partial charge in [-0.2, -0.15) is 0 Å². The SMILES string of the molecule is C[SiH]1OCC[Si](C)(c2cccc3cc4ccc5cc6cc7ccccc7cc6cc5c4cc23)[Si]1(C)C. The van der Waals surface area contributed by atoms with Crippen molar-refractivity contribution in [2.75, 3.05) is 6.61 Å². The maximum absolute atomic E-state index is 6.36. The van der Waals surface area contributed by atoms with Crippen molar-refractivity contribution >= 4 is 82.3 Å². The van der Waals surface area contributed by atoms with Gasteiger partial charge in [0.2, 0.25) is 0 Å². The summed E-state index contributed by atoms with van der Waals surface area (Å²) in [6.07, 6.45) is 0. The molecule has 0 spiro atoms. The molecule has 36 heavy (non-hydrogen) atoms. The van der Waals surface area contributed by atoms with Crippen LogP contribution in [0.1, 0.15) is 0 Å². The molecular weight excluding hydrogens is 485 g/mol. The lowest BCUT2D eigenvalue weighted by Crippen LogP contribution is -2.74. The zero-order valence-corrected chi connectivity index (χ0v) is 24.7. The highest BCUT2D eigenvalue weighted by molar-refractivity contribution is 7.66. The van der Waals surface area contributed by atoms with E-state index in [-0.39, 0.29) is 0 Å². The minimum atomic E-state index is -1.62. The van der Waals surface area contributed by atoms with Crippen LogP contribution in [0.3, 0.4) is 0 Å². The van der Waals surface area contributed by atoms with E-state index in [0.717, 1.165) is 6.61 Å². The van der Waals surface area contributed by atoms with Gasteiger partial charge >= 0.3 is 0 Å². The van der Waals surface area contributed by atoms with E-state index >= 15 is 0 Å². The first kappa shape index (κ1) is 22.4. The molecule has 4 heteroatoms. The molecular formula is C32H32OSi3. The average molecular weight is 517 g/mol. The summed E-state index contributed by atoms with van der Waals surface area (Å²) in [6.45, 7) is 11.4. The monoisotopic (exact) mass is 516 g/mol. The highest BCUT2D eigenvalue weighted by Gasteiger charge is 2.53. The molecule has 0 aliphatic carbocycles. The molecule has 0 bridgehead atoms. The van der Waals surface area contributed by atoms with Crippen LogP contribution >= 0.6 is 0 Å². The summed E-state index contributed by atoms with van der Waals surface area (Å²) in [5.41, 5.74) is 0. The number of hydrogen-bond donors (Lipinski definition) is 0. The molecule has 1 aliphatic heterocycles. The van der Waals surface area contributed by atoms with Crippen molar-refractivity contribution in [3.63, 3.8) is 0 Å². The summed E-state index contributed by atoms with van der Waals surface area (Å²) in [7, 11) is -4.17. The van der Waals surface area contributed by atoms with Gasteiger partial charge < -0.3 is 4.43 Å². The number of hydrogen-bond acceptors (Lipinski definition) is 1. The van der Waals surface area contributed by atoms with Crippen LogP contribution in [0.15, 0.2) is 91.0 Å². The molecule has 1 fully saturated rings. The Kier molecular flexibility index (Phi) is 4.90. The van der Waals surface area contributed by atoms with Crippen molar-refractivity contribution in [1.82, 2.24) is 0 Å². The van der Waals surface area contributed by atoms with Gasteiger partial charge in [0, 0.05) is 6.61 Å². The van der Waals surface area contributed by atoms with Gasteiger partial charge in [-0.1, -0.05) is 86.0 Å². The first-order valence-electron chi connectivity index (χ1n) is 13.2. The van der Waals surface area contributed by atoms with Gasteiger partial charge in [-0.3, -0.25) is 0 Å². The normalized spacial score (nSPS) is 22.2. The highest BCUT2D eigenvalue weighted by atomic mass is 29.6. The van der Waals surface area contributed by atoms with E-state index in [1.807, 2.05) is 0 Å². The predicted octanol–water partition coefficient (Wildman–Crippen LogP) is 7.99. The van der Waals surface area contributed by atoms with E-state index in [1.54, 1.807) is 5.19 Å². The van der Waals surface area contributed by atoms with Gasteiger partial charge in [-0.05, 0) is 96.3 Å². The Morgan fingerprint density at radius 2 is 1.14 bits per heavy atom. The minimum Gasteiger partial charge on any atom is -0.424 e. The zero-order chi connectivity index (χ0) is 24.7. The first-order valence-corrected chi connectivity index (χ1v) is 23.3. The molecule has 2 unspecified atom stereocenters. The molecule has 1 saturated heterocycles. The Balaban J connectivity index is 1.53. The van der Waals surface area contributed by atoms with E-state index in [1.165, 1.54) is 59.9 Å². The summed E-state index contributed by atoms with van der Waals surface area (Å²) in [6, 6.07) is 36.2. The second kappa shape index (κ2) is 7.86. The van der Waals surface area contributed by atoms with Crippen LogP contribution in [0.4, 0.5) is 0 Å². The van der Waals surface area contributed by atoms with Gasteiger partial charge in [0.05, 0.1) is 14.7 Å². The van der Waals surface area contributed by atoms with E-state index < -0.39 is 23.3 Å². The van der Waals surface area contributed by atoms with Crippen LogP contribution in [-0.4, -0.2) is 29.9 Å². The molecule has 1 nitrogen and oxygen atoms in total. The standard InChI is InChI=1S/C32H32OSi3/c1-34-33-14-15-36(4,35(34,2)3)32-11-7-10-24-18-25-12-13-26-19-27-16-22-8-5-6-9-23(22)17-28(27)20-29(26)30(25)21-31(24)32/h5-13,16-21,34H,14-15H2,1-4H3. The van der Waals surface area contributed by atoms with Crippen LogP contribution in [0.2, 0.25) is 32.2 Å². The number of benzene rings is 6. The van der Waals surface area contributed by atoms with Gasteiger partial charge in [0.1, 0.15) is 0 Å². The molecule has 1 aliphatic rings. The van der Waals surface area contributed by atoms with Crippen LogP contribution in [0.25, 0.3) is 53.9 Å². The Bertz CT molecular complexity index is 1840. The third-order valence-corrected chi connectivity index (χ3v) is 44.2. The first-order chi connectivity index (χ1) is 17.3. The Hall–Kier alpha value is -2.77. The maximum atomic E-state index is 6.36. The molecule has 1 heterocycles. The fraction of sp³-hybridized carbons (Fsp3) is 0.188. The third-order valence-electron chi connectivity index (χ3n) is 9.66. The molecule has 0 amide bonds. The summed E-state index contributed by atoms with van der Waals surface area (Å²) in [4.78, 5) is 0. The lowest BCUT2D eigenvalue weighted by molar-refractivity contribution is 0.351. The van der Waals surface area contributed by atoms with Crippen LogP contribution < -0.4 is 5.19 Å². The molecule has 0 radical (unpaired) electrons. The van der Waals surface area contributed by atoms with Crippen LogP contribution in [-0.2, 0) is 4.43 Å². The maximum Gasteiger partial charge on any atom is 0.160 e. The summed E-state index contributed by atoms with van der Waals surface area (Å²) in [5, 5.41) is 15.2. The number of fused-ring (bicyclic) bond motifs is 6. The highest BCUT2D eigenvalue weighted by Crippen LogP contribution is 2.36. The summed E-state index contributed by atoms with van der Waals surface area (Å²) < 4.78 is 6.36. The van der Waals surface area contributed by atoms with Crippen molar-refractivity contribution in [2.24, 2.45) is 0 Å². The Labute approximate surface area is 216 Å². The van der Waals surface area contributed by atoms with Crippen LogP contribution in [0, 0.1) is 0 Å². The molecule has 0 aromatic heterocycles. The Morgan fingerprint density at radius 1 is 0.583 bits per heavy atom. The largest absolute Gasteiger partial charge is 0.424 e. The van der Waals surface area contributed by atoms with Crippen molar-refractivity contribution in [1.29, 1.82) is 0 Å². The van der Waals surface area contributed by atoms with Gasteiger partial charge in [0.25, 0.3) is 0 Å². The summed E-state index contributed by atoms with van der Waals surface area (Å²) >= 11 is 0. The molecule has 7 rings (SSSR count). The number of rotatable bonds is 1. The van der Waals surface area contributed by atoms with E-state index in [9.17, 15) is 0 Å². The molecule has 0 N–H and O–H groups in total. The third kappa shape index (κ3) is 3.15. The smallest absolute Gasteiger partial charge is 0.160 e. The second-order valence-corrected chi connectivity index (χ2v) is 36.0. The molecule has 6 aromatic carbocycles. The predicted molar refractivity (Wildman–Crippen MR) is 166 cm³/mol. The molecule has 2 atom stereocenters. The fourth-order valence-electron chi connectivity index (χ4n) is 6.66. The van der Waals surface area contributed by atoms with Gasteiger partial charge in [-0.25, -0.2) is 0 Å². The minimum absolute atomic E-state index is 0.972. The van der Waals surface area contributed by atoms with Crippen molar-refractivity contribution in [3.8, 4) is 0 Å². The lowest BCUT2D eigenvalue weighted by Gasteiger charge is -2.48. The Morgan fingerprint density at radius 3 is 1.86 bits per heavy atom. The van der Waals surface area contributed by atoms with E-state index in [0.29, 0.717) is 0 Å². The average Bonchev–Trinajstić information content (AvgIpc) is 2.88. The second-order valence-electron chi connectivity index (χ2n) is 11.6. The van der Waals surface area contributed by atoms with Gasteiger partial charge in [-0.15, -0.1) is 0 Å². The van der Waals surface area contributed by atoms with E-state index in [2.05, 4.69) is 117 Å².